The molecule has 0 saturated heterocycles. The summed E-state index contributed by atoms with van der Waals surface area (Å²) in [6, 6.07) is 0. The number of ether oxygens (including phenoxy) is 2. The Morgan fingerprint density at radius 3 is 2.05 bits per heavy atom. The molecule has 0 fully saturated rings. The van der Waals surface area contributed by atoms with E-state index in [0.717, 1.165) is 0 Å². The molecule has 0 amide bonds. The number of carbonyl (C=O) groups excluding carboxylic acids is 2. The SMILES string of the molecule is C=C(C)C(=O)OCCOC(=O)CS(=O)(=O)NS(C)(=O)=O. The fraction of sp³-hybridized carbons (Fsp3) is 0.556. The van der Waals surface area contributed by atoms with E-state index >= 15 is 0 Å². The van der Waals surface area contributed by atoms with Crippen LogP contribution in [0.15, 0.2) is 12.2 Å². The molecule has 0 aromatic heterocycles. The molecule has 0 saturated carbocycles. The summed E-state index contributed by atoms with van der Waals surface area (Å²) in [4.78, 5) is 22.1. The fourth-order valence-corrected chi connectivity index (χ4v) is 3.34. The summed E-state index contributed by atoms with van der Waals surface area (Å²) >= 11 is 0. The van der Waals surface area contributed by atoms with Gasteiger partial charge >= 0.3 is 11.9 Å². The van der Waals surface area contributed by atoms with E-state index in [2.05, 4.69) is 16.1 Å². The van der Waals surface area contributed by atoms with Crippen molar-refractivity contribution in [2.24, 2.45) is 0 Å². The molecule has 0 unspecified atom stereocenters. The molecule has 20 heavy (non-hydrogen) atoms. The van der Waals surface area contributed by atoms with Gasteiger partial charge in [-0.25, -0.2) is 21.6 Å². The normalized spacial score (nSPS) is 11.7. The van der Waals surface area contributed by atoms with Crippen LogP contribution in [-0.4, -0.2) is 54.0 Å². The summed E-state index contributed by atoms with van der Waals surface area (Å²) in [5.41, 5.74) is 0.163. The lowest BCUT2D eigenvalue weighted by atomic mass is 10.4. The Balaban J connectivity index is 4.13. The van der Waals surface area contributed by atoms with Crippen molar-refractivity contribution in [2.45, 2.75) is 6.92 Å². The lowest BCUT2D eigenvalue weighted by Crippen LogP contribution is -2.35. The van der Waals surface area contributed by atoms with Crippen molar-refractivity contribution in [1.29, 1.82) is 0 Å². The minimum absolute atomic E-state index is 0.163. The molecular weight excluding hydrogens is 314 g/mol. The quantitative estimate of drug-likeness (QED) is 0.324. The van der Waals surface area contributed by atoms with Gasteiger partial charge in [-0.3, -0.25) is 4.79 Å². The third-order valence-corrected chi connectivity index (χ3v) is 4.36. The Morgan fingerprint density at radius 2 is 1.60 bits per heavy atom. The average Bonchev–Trinajstić information content (AvgIpc) is 2.19. The first kappa shape index (κ1) is 18.5. The zero-order valence-electron chi connectivity index (χ0n) is 10.9. The first-order valence-electron chi connectivity index (χ1n) is 5.12. The second-order valence-corrected chi connectivity index (χ2v) is 7.48. The summed E-state index contributed by atoms with van der Waals surface area (Å²) in [6.07, 6.45) is 0.632. The molecule has 0 aromatic carbocycles. The molecule has 9 nitrogen and oxygen atoms in total. The van der Waals surface area contributed by atoms with E-state index < -0.39 is 37.7 Å². The molecule has 0 aliphatic rings. The summed E-state index contributed by atoms with van der Waals surface area (Å²) in [6.45, 7) is 4.13. The largest absolute Gasteiger partial charge is 0.461 e. The van der Waals surface area contributed by atoms with Crippen LogP contribution in [0.3, 0.4) is 0 Å². The zero-order valence-corrected chi connectivity index (χ0v) is 12.5. The van der Waals surface area contributed by atoms with E-state index in [9.17, 15) is 26.4 Å². The second-order valence-electron chi connectivity index (χ2n) is 3.75. The van der Waals surface area contributed by atoms with Gasteiger partial charge in [0, 0.05) is 5.57 Å². The number of sulfonamides is 2. The molecule has 1 N–H and O–H groups in total. The van der Waals surface area contributed by atoms with Crippen LogP contribution in [0.25, 0.3) is 0 Å². The number of carbonyl (C=O) groups is 2. The van der Waals surface area contributed by atoms with Crippen LogP contribution in [0.1, 0.15) is 6.92 Å². The van der Waals surface area contributed by atoms with Crippen LogP contribution in [0.2, 0.25) is 0 Å². The Hall–Kier alpha value is -1.46. The van der Waals surface area contributed by atoms with Crippen molar-refractivity contribution in [3.8, 4) is 0 Å². The van der Waals surface area contributed by atoms with E-state index in [1.54, 1.807) is 0 Å². The molecule has 0 atom stereocenters. The van der Waals surface area contributed by atoms with Crippen LogP contribution < -0.4 is 4.13 Å². The maximum absolute atomic E-state index is 11.2. The Kier molecular flexibility index (Phi) is 6.82. The smallest absolute Gasteiger partial charge is 0.333 e. The molecular formula is C9H15NO8S2. The molecule has 0 aliphatic heterocycles. The minimum Gasteiger partial charge on any atom is -0.461 e. The average molecular weight is 329 g/mol. The minimum atomic E-state index is -4.34. The lowest BCUT2D eigenvalue weighted by Gasteiger charge is -2.07. The van der Waals surface area contributed by atoms with Crippen molar-refractivity contribution < 1.29 is 35.9 Å². The van der Waals surface area contributed by atoms with E-state index in [-0.39, 0.29) is 18.8 Å². The topological polar surface area (TPSA) is 133 Å². The Labute approximate surface area is 117 Å². The first-order chi connectivity index (χ1) is 8.93. The van der Waals surface area contributed by atoms with Gasteiger partial charge in [-0.05, 0) is 6.92 Å². The number of hydrogen-bond donors (Lipinski definition) is 1. The highest BCUT2D eigenvalue weighted by Gasteiger charge is 2.21. The number of hydrogen-bond acceptors (Lipinski definition) is 8. The van der Waals surface area contributed by atoms with Crippen LogP contribution in [0.4, 0.5) is 0 Å². The third kappa shape index (κ3) is 9.47. The second kappa shape index (κ2) is 7.36. The van der Waals surface area contributed by atoms with Crippen molar-refractivity contribution in [3.05, 3.63) is 12.2 Å². The van der Waals surface area contributed by atoms with Gasteiger partial charge < -0.3 is 9.47 Å². The molecule has 0 spiro atoms. The Morgan fingerprint density at radius 1 is 1.10 bits per heavy atom. The summed E-state index contributed by atoms with van der Waals surface area (Å²) < 4.78 is 54.2. The van der Waals surface area contributed by atoms with Gasteiger partial charge in [0.25, 0.3) is 0 Å². The zero-order chi connectivity index (χ0) is 16.0. The molecule has 0 rings (SSSR count). The van der Waals surface area contributed by atoms with Crippen molar-refractivity contribution in [1.82, 2.24) is 4.13 Å². The highest BCUT2D eigenvalue weighted by molar-refractivity contribution is 8.04. The van der Waals surface area contributed by atoms with Crippen molar-refractivity contribution in [2.75, 3.05) is 25.2 Å². The number of esters is 2. The third-order valence-electron chi connectivity index (χ3n) is 1.51. The molecule has 0 heterocycles. The molecule has 0 aromatic rings. The van der Waals surface area contributed by atoms with Gasteiger partial charge in [0.2, 0.25) is 20.0 Å². The highest BCUT2D eigenvalue weighted by Crippen LogP contribution is 1.94. The molecule has 116 valence electrons. The maximum Gasteiger partial charge on any atom is 0.333 e. The summed E-state index contributed by atoms with van der Waals surface area (Å²) in [7, 11) is -8.34. The number of nitrogens with one attached hydrogen (secondary N) is 1. The molecule has 0 aliphatic carbocycles. The predicted molar refractivity (Wildman–Crippen MR) is 68.5 cm³/mol. The molecule has 11 heteroatoms. The lowest BCUT2D eigenvalue weighted by molar-refractivity contribution is -0.148. The van der Waals surface area contributed by atoms with E-state index in [4.69, 9.17) is 0 Å². The van der Waals surface area contributed by atoms with Crippen LogP contribution in [0, 0.1) is 0 Å². The van der Waals surface area contributed by atoms with E-state index in [0.29, 0.717) is 6.26 Å². The standard InChI is InChI=1S/C9H15NO8S2/c1-7(2)9(12)18-5-4-17-8(11)6-20(15,16)10-19(3,13)14/h10H,1,4-6H2,2-3H3. The monoisotopic (exact) mass is 329 g/mol. The van der Waals surface area contributed by atoms with Crippen LogP contribution in [-0.2, 0) is 39.1 Å². The van der Waals surface area contributed by atoms with Crippen molar-refractivity contribution >= 4 is 32.0 Å². The predicted octanol–water partition coefficient (Wildman–Crippen LogP) is -1.47. The van der Waals surface area contributed by atoms with Gasteiger partial charge in [-0.2, -0.15) is 0 Å². The van der Waals surface area contributed by atoms with Gasteiger partial charge in [0.05, 0.1) is 6.26 Å². The van der Waals surface area contributed by atoms with E-state index in [1.807, 2.05) is 0 Å². The van der Waals surface area contributed by atoms with Gasteiger partial charge in [-0.15, -0.1) is 4.13 Å². The first-order valence-corrected chi connectivity index (χ1v) is 8.67. The maximum atomic E-state index is 11.2. The van der Waals surface area contributed by atoms with Crippen molar-refractivity contribution in [3.63, 3.8) is 0 Å². The molecule has 0 bridgehead atoms. The van der Waals surface area contributed by atoms with Gasteiger partial charge in [-0.1, -0.05) is 6.58 Å². The summed E-state index contributed by atoms with van der Waals surface area (Å²) in [5, 5.41) is 0. The number of rotatable bonds is 8. The van der Waals surface area contributed by atoms with E-state index in [1.165, 1.54) is 11.1 Å². The molecule has 0 radical (unpaired) electrons. The van der Waals surface area contributed by atoms with Crippen LogP contribution in [0.5, 0.6) is 0 Å². The van der Waals surface area contributed by atoms with Gasteiger partial charge in [0.15, 0.2) is 5.75 Å². The highest BCUT2D eigenvalue weighted by atomic mass is 32.3. The Bertz CT molecular complexity index is 589. The fourth-order valence-electron chi connectivity index (χ4n) is 0.870. The summed E-state index contributed by atoms with van der Waals surface area (Å²) in [5.74, 6) is -3.01. The van der Waals surface area contributed by atoms with Gasteiger partial charge in [0.1, 0.15) is 13.2 Å². The van der Waals surface area contributed by atoms with Crippen LogP contribution >= 0.6 is 0 Å².